The summed E-state index contributed by atoms with van der Waals surface area (Å²) >= 11 is 12.2. The monoisotopic (exact) mass is 343 g/mol. The third-order valence-electron chi connectivity index (χ3n) is 3.79. The van der Waals surface area contributed by atoms with Crippen LogP contribution in [0.1, 0.15) is 24.8 Å². The number of benzene rings is 1. The minimum Gasteiger partial charge on any atom is -0.370 e. The van der Waals surface area contributed by atoms with Crippen molar-refractivity contribution in [3.8, 4) is 0 Å². The Labute approximate surface area is 139 Å². The lowest BCUT2D eigenvalue weighted by molar-refractivity contribution is -0.119. The highest BCUT2D eigenvalue weighted by atomic mass is 35.5. The van der Waals surface area contributed by atoms with Gasteiger partial charge in [-0.2, -0.15) is 0 Å². The zero-order valence-electron chi connectivity index (χ0n) is 12.4. The summed E-state index contributed by atoms with van der Waals surface area (Å²) in [5.74, 6) is -0.213. The van der Waals surface area contributed by atoms with Crippen LogP contribution < -0.4 is 11.1 Å². The molecule has 3 amide bonds. The van der Waals surface area contributed by atoms with E-state index in [1.807, 2.05) is 6.92 Å². The first-order valence-corrected chi connectivity index (χ1v) is 7.92. The topological polar surface area (TPSA) is 75.4 Å². The summed E-state index contributed by atoms with van der Waals surface area (Å²) in [5, 5.41) is 3.77. The summed E-state index contributed by atoms with van der Waals surface area (Å²) in [6.07, 6.45) is 2.07. The summed E-state index contributed by atoms with van der Waals surface area (Å²) in [6, 6.07) is 3.11. The van der Waals surface area contributed by atoms with Crippen molar-refractivity contribution in [1.82, 2.24) is 4.90 Å². The number of nitrogens with two attached hydrogens (primary N) is 1. The van der Waals surface area contributed by atoms with E-state index in [9.17, 15) is 9.59 Å². The summed E-state index contributed by atoms with van der Waals surface area (Å²) in [6.45, 7) is 3.02. The Balaban J connectivity index is 2.02. The molecule has 1 atom stereocenters. The van der Waals surface area contributed by atoms with Crippen molar-refractivity contribution in [2.24, 2.45) is 11.7 Å². The Hall–Kier alpha value is -1.46. The summed E-state index contributed by atoms with van der Waals surface area (Å²) < 4.78 is 0. The first-order chi connectivity index (χ1) is 10.4. The minimum atomic E-state index is -0.333. The molecule has 0 radical (unpaired) electrons. The molecule has 1 aliphatic heterocycles. The Morgan fingerprint density at radius 1 is 1.36 bits per heavy atom. The Morgan fingerprint density at radius 2 is 2.09 bits per heavy atom. The van der Waals surface area contributed by atoms with E-state index in [2.05, 4.69) is 5.32 Å². The van der Waals surface area contributed by atoms with Crippen molar-refractivity contribution in [1.29, 1.82) is 0 Å². The zero-order valence-corrected chi connectivity index (χ0v) is 13.9. The van der Waals surface area contributed by atoms with Gasteiger partial charge in [-0.15, -0.1) is 0 Å². The van der Waals surface area contributed by atoms with Gasteiger partial charge in [-0.1, -0.05) is 23.2 Å². The molecule has 2 rings (SSSR count). The molecule has 0 aliphatic carbocycles. The summed E-state index contributed by atoms with van der Waals surface area (Å²) in [7, 11) is 0. The molecule has 1 saturated heterocycles. The number of piperidine rings is 1. The second kappa shape index (κ2) is 7.20. The number of halogens is 2. The van der Waals surface area contributed by atoms with Gasteiger partial charge in [-0.05, 0) is 43.4 Å². The molecular formula is C15H19Cl2N3O2. The van der Waals surface area contributed by atoms with Crippen LogP contribution >= 0.6 is 23.2 Å². The largest absolute Gasteiger partial charge is 0.370 e. The van der Waals surface area contributed by atoms with Crippen LogP contribution in [0.2, 0.25) is 10.0 Å². The van der Waals surface area contributed by atoms with Crippen LogP contribution in [-0.4, -0.2) is 29.9 Å². The molecule has 0 spiro atoms. The van der Waals surface area contributed by atoms with Gasteiger partial charge in [0, 0.05) is 24.5 Å². The van der Waals surface area contributed by atoms with Crippen molar-refractivity contribution in [3.05, 3.63) is 27.7 Å². The smallest absolute Gasteiger partial charge is 0.321 e. The zero-order chi connectivity index (χ0) is 16.3. The summed E-state index contributed by atoms with van der Waals surface area (Å²) in [4.78, 5) is 25.0. The molecule has 5 nitrogen and oxygen atoms in total. The number of rotatable bonds is 3. The maximum absolute atomic E-state index is 12.3. The van der Waals surface area contributed by atoms with Crippen molar-refractivity contribution in [2.75, 3.05) is 18.4 Å². The van der Waals surface area contributed by atoms with E-state index in [4.69, 9.17) is 28.9 Å². The van der Waals surface area contributed by atoms with Crippen molar-refractivity contribution < 1.29 is 9.59 Å². The molecule has 0 aromatic heterocycles. The predicted molar refractivity (Wildman–Crippen MR) is 88.3 cm³/mol. The SMILES string of the molecule is Cc1cc(Cl)c(NC(=O)N2CCC[C@H](CC(N)=O)C2)cc1Cl. The van der Waals surface area contributed by atoms with E-state index in [0.29, 0.717) is 35.2 Å². The molecule has 0 bridgehead atoms. The maximum atomic E-state index is 12.3. The van der Waals surface area contributed by atoms with Crippen molar-refractivity contribution in [2.45, 2.75) is 26.2 Å². The fraction of sp³-hybridized carbons (Fsp3) is 0.467. The highest BCUT2D eigenvalue weighted by Gasteiger charge is 2.25. The van der Waals surface area contributed by atoms with Gasteiger partial charge in [0.25, 0.3) is 0 Å². The van der Waals surface area contributed by atoms with Gasteiger partial charge in [0.2, 0.25) is 5.91 Å². The molecule has 1 aromatic rings. The average molecular weight is 344 g/mol. The molecule has 1 fully saturated rings. The molecule has 1 aromatic carbocycles. The molecule has 120 valence electrons. The normalized spacial score (nSPS) is 18.1. The number of urea groups is 1. The van der Waals surface area contributed by atoms with Crippen LogP contribution in [0, 0.1) is 12.8 Å². The number of primary amides is 1. The van der Waals surface area contributed by atoms with Crippen LogP contribution in [0.3, 0.4) is 0 Å². The fourth-order valence-corrected chi connectivity index (χ4v) is 3.07. The van der Waals surface area contributed by atoms with Gasteiger partial charge in [-0.3, -0.25) is 4.79 Å². The summed E-state index contributed by atoms with van der Waals surface area (Å²) in [5.41, 5.74) is 6.57. The van der Waals surface area contributed by atoms with E-state index in [1.165, 1.54) is 0 Å². The number of carbonyl (C=O) groups is 2. The highest BCUT2D eigenvalue weighted by molar-refractivity contribution is 6.36. The minimum absolute atomic E-state index is 0.120. The number of hydrogen-bond donors (Lipinski definition) is 2. The standard InChI is InChI=1S/C15H19Cl2N3O2/c1-9-5-12(17)13(7-11(9)16)19-15(22)20-4-2-3-10(8-20)6-14(18)21/h5,7,10H,2-4,6,8H2,1H3,(H2,18,21)(H,19,22)/t10-/m1/s1. The van der Waals surface area contributed by atoms with Crippen LogP contribution in [0.4, 0.5) is 10.5 Å². The van der Waals surface area contributed by atoms with E-state index in [0.717, 1.165) is 18.4 Å². The van der Waals surface area contributed by atoms with Gasteiger partial charge in [0.05, 0.1) is 10.7 Å². The molecular weight excluding hydrogens is 325 g/mol. The molecule has 0 saturated carbocycles. The van der Waals surface area contributed by atoms with Gasteiger partial charge < -0.3 is 16.0 Å². The molecule has 3 N–H and O–H groups in total. The Kier molecular flexibility index (Phi) is 5.53. The van der Waals surface area contributed by atoms with Gasteiger partial charge >= 0.3 is 6.03 Å². The number of anilines is 1. The number of hydrogen-bond acceptors (Lipinski definition) is 2. The second-order valence-electron chi connectivity index (χ2n) is 5.64. The number of aryl methyl sites for hydroxylation is 1. The maximum Gasteiger partial charge on any atom is 0.321 e. The number of nitrogens with zero attached hydrogens (tertiary/aromatic N) is 1. The second-order valence-corrected chi connectivity index (χ2v) is 6.45. The van der Waals surface area contributed by atoms with Crippen molar-refractivity contribution in [3.63, 3.8) is 0 Å². The van der Waals surface area contributed by atoms with Gasteiger partial charge in [0.15, 0.2) is 0 Å². The van der Waals surface area contributed by atoms with Crippen LogP contribution in [-0.2, 0) is 4.79 Å². The first kappa shape index (κ1) is 16.9. The average Bonchev–Trinajstić information content (AvgIpc) is 2.44. The Morgan fingerprint density at radius 3 is 2.77 bits per heavy atom. The van der Waals surface area contributed by atoms with Crippen molar-refractivity contribution >= 4 is 40.8 Å². The van der Waals surface area contributed by atoms with E-state index in [1.54, 1.807) is 17.0 Å². The van der Waals surface area contributed by atoms with Gasteiger partial charge in [-0.25, -0.2) is 4.79 Å². The van der Waals surface area contributed by atoms with Crippen LogP contribution in [0.5, 0.6) is 0 Å². The molecule has 7 heteroatoms. The molecule has 1 heterocycles. The first-order valence-electron chi connectivity index (χ1n) is 7.16. The lowest BCUT2D eigenvalue weighted by Gasteiger charge is -2.32. The number of amides is 3. The highest BCUT2D eigenvalue weighted by Crippen LogP contribution is 2.29. The number of likely N-dealkylation sites (tertiary alicyclic amines) is 1. The van der Waals surface area contributed by atoms with E-state index < -0.39 is 0 Å². The molecule has 1 aliphatic rings. The van der Waals surface area contributed by atoms with E-state index >= 15 is 0 Å². The fourth-order valence-electron chi connectivity index (χ4n) is 2.64. The van der Waals surface area contributed by atoms with Gasteiger partial charge in [0.1, 0.15) is 0 Å². The lowest BCUT2D eigenvalue weighted by atomic mass is 9.95. The predicted octanol–water partition coefficient (Wildman–Crippen LogP) is 3.42. The molecule has 22 heavy (non-hydrogen) atoms. The quantitative estimate of drug-likeness (QED) is 0.882. The number of nitrogens with one attached hydrogen (secondary N) is 1. The number of carbonyl (C=O) groups excluding carboxylic acids is 2. The van der Waals surface area contributed by atoms with Crippen LogP contribution in [0.15, 0.2) is 12.1 Å². The molecule has 0 unspecified atom stereocenters. The third-order valence-corrected chi connectivity index (χ3v) is 4.51. The lowest BCUT2D eigenvalue weighted by Crippen LogP contribution is -2.43. The Bertz CT molecular complexity index is 592. The third kappa shape index (κ3) is 4.27. The van der Waals surface area contributed by atoms with Crippen LogP contribution in [0.25, 0.3) is 0 Å². The van der Waals surface area contributed by atoms with E-state index in [-0.39, 0.29) is 17.9 Å².